The number of rotatable bonds is 7. The lowest BCUT2D eigenvalue weighted by Gasteiger charge is -2.09. The number of benzene rings is 2. The van der Waals surface area contributed by atoms with Gasteiger partial charge in [-0.25, -0.2) is 0 Å². The minimum Gasteiger partial charge on any atom is -0.492 e. The van der Waals surface area contributed by atoms with Crippen molar-refractivity contribution in [3.8, 4) is 5.75 Å². The van der Waals surface area contributed by atoms with Gasteiger partial charge in [-0.05, 0) is 42.5 Å². The second-order valence-corrected chi connectivity index (χ2v) is 6.20. The molecule has 0 heterocycles. The van der Waals surface area contributed by atoms with Crippen LogP contribution in [0.5, 0.6) is 5.75 Å². The number of carbonyl (C=O) groups excluding carboxylic acids is 2. The van der Waals surface area contributed by atoms with Gasteiger partial charge in [-0.2, -0.15) is 0 Å². The maximum Gasteiger partial charge on any atom is 0.251 e. The summed E-state index contributed by atoms with van der Waals surface area (Å²) in [5.41, 5.74) is 0.489. The Kier molecular flexibility index (Phi) is 7.08. The topological polar surface area (TPSA) is 67.4 Å². The van der Waals surface area contributed by atoms with Gasteiger partial charge >= 0.3 is 0 Å². The molecule has 0 bridgehead atoms. The Labute approximate surface area is 153 Å². The zero-order valence-electron chi connectivity index (χ0n) is 12.7. The average molecular weight is 412 g/mol. The fraction of sp³-hybridized carbons (Fsp3) is 0.176. The highest BCUT2D eigenvalue weighted by atomic mass is 79.9. The zero-order valence-corrected chi connectivity index (χ0v) is 15.1. The SMILES string of the molecule is O=C(CNC(=O)c1cccc(Br)c1)NCCOc1ccc(Cl)cc1. The molecule has 2 N–H and O–H groups in total. The highest BCUT2D eigenvalue weighted by Gasteiger charge is 2.08. The Balaban J connectivity index is 1.64. The summed E-state index contributed by atoms with van der Waals surface area (Å²) < 4.78 is 6.26. The van der Waals surface area contributed by atoms with Gasteiger partial charge in [-0.3, -0.25) is 9.59 Å². The van der Waals surface area contributed by atoms with Crippen molar-refractivity contribution in [2.45, 2.75) is 0 Å². The van der Waals surface area contributed by atoms with Gasteiger partial charge in [0.25, 0.3) is 5.91 Å². The largest absolute Gasteiger partial charge is 0.492 e. The standard InChI is InChI=1S/C17H16BrClN2O3/c18-13-3-1-2-12(10-13)17(23)21-11-16(22)20-8-9-24-15-6-4-14(19)5-7-15/h1-7,10H,8-9,11H2,(H,20,22)(H,21,23). The van der Waals surface area contributed by atoms with Crippen LogP contribution in [0.4, 0.5) is 0 Å². The van der Waals surface area contributed by atoms with E-state index in [1.807, 2.05) is 6.07 Å². The van der Waals surface area contributed by atoms with Crippen LogP contribution in [0.2, 0.25) is 5.02 Å². The number of hydrogen-bond acceptors (Lipinski definition) is 3. The van der Waals surface area contributed by atoms with Crippen molar-refractivity contribution in [2.24, 2.45) is 0 Å². The second-order valence-electron chi connectivity index (χ2n) is 4.85. The molecule has 0 saturated heterocycles. The maximum absolute atomic E-state index is 11.9. The molecule has 0 aromatic heterocycles. The Morgan fingerprint density at radius 1 is 1.08 bits per heavy atom. The molecule has 2 aromatic rings. The van der Waals surface area contributed by atoms with E-state index in [0.29, 0.717) is 29.5 Å². The molecule has 2 rings (SSSR count). The van der Waals surface area contributed by atoms with Crippen LogP contribution in [0.25, 0.3) is 0 Å². The first-order valence-electron chi connectivity index (χ1n) is 7.23. The first-order valence-corrected chi connectivity index (χ1v) is 8.40. The molecule has 0 spiro atoms. The second kappa shape index (κ2) is 9.30. The van der Waals surface area contributed by atoms with Crippen LogP contribution in [-0.2, 0) is 4.79 Å². The van der Waals surface area contributed by atoms with Crippen molar-refractivity contribution in [1.82, 2.24) is 10.6 Å². The number of hydrogen-bond donors (Lipinski definition) is 2. The first-order chi connectivity index (χ1) is 11.5. The molecule has 0 aliphatic heterocycles. The third kappa shape index (κ3) is 6.22. The molecule has 126 valence electrons. The summed E-state index contributed by atoms with van der Waals surface area (Å²) in [4.78, 5) is 23.6. The van der Waals surface area contributed by atoms with E-state index < -0.39 is 0 Å². The van der Waals surface area contributed by atoms with E-state index in [-0.39, 0.29) is 18.4 Å². The third-order valence-corrected chi connectivity index (χ3v) is 3.75. The predicted molar refractivity (Wildman–Crippen MR) is 96.4 cm³/mol. The van der Waals surface area contributed by atoms with E-state index >= 15 is 0 Å². The summed E-state index contributed by atoms with van der Waals surface area (Å²) in [5.74, 6) is 0.0959. The smallest absolute Gasteiger partial charge is 0.251 e. The van der Waals surface area contributed by atoms with E-state index in [1.54, 1.807) is 42.5 Å². The van der Waals surface area contributed by atoms with Crippen molar-refractivity contribution < 1.29 is 14.3 Å². The monoisotopic (exact) mass is 410 g/mol. The zero-order chi connectivity index (χ0) is 17.4. The van der Waals surface area contributed by atoms with Gasteiger partial charge in [0.1, 0.15) is 12.4 Å². The van der Waals surface area contributed by atoms with Crippen LogP contribution >= 0.6 is 27.5 Å². The normalized spacial score (nSPS) is 10.1. The number of nitrogens with one attached hydrogen (secondary N) is 2. The van der Waals surface area contributed by atoms with Crippen LogP contribution in [0.15, 0.2) is 53.0 Å². The molecule has 5 nitrogen and oxygen atoms in total. The summed E-state index contributed by atoms with van der Waals surface area (Å²) in [6.45, 7) is 0.577. The Morgan fingerprint density at radius 3 is 2.54 bits per heavy atom. The summed E-state index contributed by atoms with van der Waals surface area (Å²) in [5, 5.41) is 5.87. The highest BCUT2D eigenvalue weighted by Crippen LogP contribution is 2.15. The predicted octanol–water partition coefficient (Wildman–Crippen LogP) is 3.03. The van der Waals surface area contributed by atoms with Crippen LogP contribution in [0.1, 0.15) is 10.4 Å². The molecule has 7 heteroatoms. The lowest BCUT2D eigenvalue weighted by molar-refractivity contribution is -0.120. The molecule has 2 amide bonds. The van der Waals surface area contributed by atoms with E-state index in [2.05, 4.69) is 26.6 Å². The van der Waals surface area contributed by atoms with Crippen LogP contribution in [-0.4, -0.2) is 31.5 Å². The van der Waals surface area contributed by atoms with Crippen molar-refractivity contribution >= 4 is 39.3 Å². The Bertz CT molecular complexity index is 707. The summed E-state index contributed by atoms with van der Waals surface area (Å²) in [7, 11) is 0. The fourth-order valence-electron chi connectivity index (χ4n) is 1.84. The van der Waals surface area contributed by atoms with Gasteiger partial charge in [0.15, 0.2) is 0 Å². The minimum atomic E-state index is -0.302. The molecule has 0 aliphatic rings. The quantitative estimate of drug-likeness (QED) is 0.688. The summed E-state index contributed by atoms with van der Waals surface area (Å²) >= 11 is 9.07. The van der Waals surface area contributed by atoms with E-state index in [1.165, 1.54) is 0 Å². The maximum atomic E-state index is 11.9. The van der Waals surface area contributed by atoms with Crippen LogP contribution in [0, 0.1) is 0 Å². The minimum absolute atomic E-state index is 0.0910. The number of carbonyl (C=O) groups is 2. The molecular formula is C17H16BrClN2O3. The Morgan fingerprint density at radius 2 is 1.83 bits per heavy atom. The lowest BCUT2D eigenvalue weighted by atomic mass is 10.2. The summed E-state index contributed by atoms with van der Waals surface area (Å²) in [6, 6.07) is 13.9. The van der Waals surface area contributed by atoms with Gasteiger partial charge in [-0.1, -0.05) is 33.6 Å². The average Bonchev–Trinajstić information content (AvgIpc) is 2.58. The van der Waals surface area contributed by atoms with E-state index in [4.69, 9.17) is 16.3 Å². The van der Waals surface area contributed by atoms with Crippen molar-refractivity contribution in [3.63, 3.8) is 0 Å². The van der Waals surface area contributed by atoms with E-state index in [9.17, 15) is 9.59 Å². The van der Waals surface area contributed by atoms with Crippen molar-refractivity contribution in [3.05, 3.63) is 63.6 Å². The number of halogens is 2. The molecule has 0 atom stereocenters. The fourth-order valence-corrected chi connectivity index (χ4v) is 2.37. The number of ether oxygens (including phenoxy) is 1. The van der Waals surface area contributed by atoms with Gasteiger partial charge in [0, 0.05) is 15.1 Å². The van der Waals surface area contributed by atoms with Gasteiger partial charge in [0.05, 0.1) is 13.1 Å². The molecular weight excluding hydrogens is 396 g/mol. The van der Waals surface area contributed by atoms with Crippen LogP contribution < -0.4 is 15.4 Å². The molecule has 0 fully saturated rings. The number of amides is 2. The molecule has 0 unspecified atom stereocenters. The van der Waals surface area contributed by atoms with Crippen molar-refractivity contribution in [2.75, 3.05) is 19.7 Å². The van der Waals surface area contributed by atoms with Gasteiger partial charge in [0.2, 0.25) is 5.91 Å². The Hall–Kier alpha value is -2.05. The molecule has 24 heavy (non-hydrogen) atoms. The van der Waals surface area contributed by atoms with Crippen molar-refractivity contribution in [1.29, 1.82) is 0 Å². The third-order valence-electron chi connectivity index (χ3n) is 3.00. The first kappa shape index (κ1) is 18.3. The molecule has 0 radical (unpaired) electrons. The lowest BCUT2D eigenvalue weighted by Crippen LogP contribution is -2.38. The molecule has 0 saturated carbocycles. The van der Waals surface area contributed by atoms with Crippen LogP contribution in [0.3, 0.4) is 0 Å². The van der Waals surface area contributed by atoms with Gasteiger partial charge < -0.3 is 15.4 Å². The molecule has 2 aromatic carbocycles. The van der Waals surface area contributed by atoms with Gasteiger partial charge in [-0.15, -0.1) is 0 Å². The van der Waals surface area contributed by atoms with E-state index in [0.717, 1.165) is 4.47 Å². The highest BCUT2D eigenvalue weighted by molar-refractivity contribution is 9.10. The molecule has 0 aliphatic carbocycles. The summed E-state index contributed by atoms with van der Waals surface area (Å²) in [6.07, 6.45) is 0.